The topological polar surface area (TPSA) is 69.6 Å². The number of hydrogen-bond acceptors (Lipinski definition) is 3. The second-order valence-electron chi connectivity index (χ2n) is 8.65. The van der Waals surface area contributed by atoms with Gasteiger partial charge in [-0.3, -0.25) is 9.59 Å². The van der Waals surface area contributed by atoms with Gasteiger partial charge in [0.1, 0.15) is 0 Å². The van der Waals surface area contributed by atoms with E-state index in [-0.39, 0.29) is 18.4 Å². The van der Waals surface area contributed by atoms with Crippen molar-refractivity contribution in [3.63, 3.8) is 0 Å². The molecule has 2 N–H and O–H groups in total. The van der Waals surface area contributed by atoms with Crippen LogP contribution in [0.25, 0.3) is 0 Å². The Morgan fingerprint density at radius 3 is 1.67 bits per heavy atom. The lowest BCUT2D eigenvalue weighted by Crippen LogP contribution is -2.47. The highest BCUT2D eigenvalue weighted by Gasteiger charge is 2.24. The molecule has 0 fully saturated rings. The molecule has 0 aliphatic rings. The summed E-state index contributed by atoms with van der Waals surface area (Å²) in [4.78, 5) is 26.0. The highest BCUT2D eigenvalue weighted by atomic mass is 16.4. The number of unbranched alkanes of at least 4 members (excludes halogenated alkanes) is 11. The average molecular weight is 427 g/mol. The Labute approximate surface area is 186 Å². The first kappa shape index (κ1) is 28.9. The average Bonchev–Trinajstić information content (AvgIpc) is 2.73. The van der Waals surface area contributed by atoms with Crippen LogP contribution in [0.2, 0.25) is 0 Å². The van der Waals surface area contributed by atoms with Crippen molar-refractivity contribution in [2.24, 2.45) is 0 Å². The zero-order chi connectivity index (χ0) is 22.5. The minimum atomic E-state index is -0.831. The minimum absolute atomic E-state index is 0.0385. The van der Waals surface area contributed by atoms with Gasteiger partial charge in [-0.05, 0) is 32.2 Å². The van der Waals surface area contributed by atoms with Crippen molar-refractivity contribution in [1.29, 1.82) is 0 Å². The molecule has 178 valence electrons. The van der Waals surface area contributed by atoms with E-state index in [1.165, 1.54) is 57.8 Å². The van der Waals surface area contributed by atoms with Gasteiger partial charge in [0.05, 0.1) is 6.04 Å². The maximum Gasteiger partial charge on any atom is 0.303 e. The van der Waals surface area contributed by atoms with Gasteiger partial charge in [0, 0.05) is 19.5 Å². The van der Waals surface area contributed by atoms with Crippen molar-refractivity contribution in [2.75, 3.05) is 19.6 Å². The number of amides is 1. The number of carbonyl (C=O) groups excluding carboxylic acids is 1. The van der Waals surface area contributed by atoms with E-state index in [9.17, 15) is 9.59 Å². The third-order valence-electron chi connectivity index (χ3n) is 5.74. The van der Waals surface area contributed by atoms with Crippen LogP contribution in [0.1, 0.15) is 124 Å². The Bertz CT molecular complexity index is 407. The lowest BCUT2D eigenvalue weighted by atomic mass is 10.1. The minimum Gasteiger partial charge on any atom is -0.481 e. The second-order valence-corrected chi connectivity index (χ2v) is 8.65. The third kappa shape index (κ3) is 16.7. The maximum atomic E-state index is 13.1. The van der Waals surface area contributed by atoms with Crippen LogP contribution in [0.5, 0.6) is 0 Å². The van der Waals surface area contributed by atoms with Crippen LogP contribution >= 0.6 is 0 Å². The summed E-state index contributed by atoms with van der Waals surface area (Å²) in [5, 5.41) is 12.5. The molecule has 0 aromatic rings. The van der Waals surface area contributed by atoms with Crippen LogP contribution in [0.15, 0.2) is 0 Å². The molecule has 0 bridgehead atoms. The largest absolute Gasteiger partial charge is 0.481 e. The molecule has 0 aliphatic carbocycles. The summed E-state index contributed by atoms with van der Waals surface area (Å²) in [6, 6.07) is -0.367. The number of nitrogens with zero attached hydrogens (tertiary/aromatic N) is 1. The quantitative estimate of drug-likeness (QED) is 0.203. The van der Waals surface area contributed by atoms with E-state index in [2.05, 4.69) is 26.1 Å². The molecule has 1 amide bonds. The molecule has 0 radical (unpaired) electrons. The highest BCUT2D eigenvalue weighted by molar-refractivity contribution is 5.82. The Hall–Kier alpha value is -1.10. The van der Waals surface area contributed by atoms with E-state index >= 15 is 0 Å². The predicted octanol–water partition coefficient (Wildman–Crippen LogP) is 6.16. The standard InChI is InChI=1S/C25H50N2O3/c1-4-7-10-11-12-13-14-15-16-17-20-26-23(18-19-24(28)29)25(30)27(21-8-5-2)22-9-6-3/h23,26H,4-22H2,1-3H3,(H,28,29). The van der Waals surface area contributed by atoms with Gasteiger partial charge >= 0.3 is 5.97 Å². The molecule has 1 atom stereocenters. The summed E-state index contributed by atoms with van der Waals surface area (Å²) >= 11 is 0. The van der Waals surface area contributed by atoms with Crippen LogP contribution < -0.4 is 5.32 Å². The molecule has 30 heavy (non-hydrogen) atoms. The lowest BCUT2D eigenvalue weighted by molar-refractivity contribution is -0.138. The summed E-state index contributed by atoms with van der Waals surface area (Å²) in [6.45, 7) is 8.86. The molecule has 5 nitrogen and oxygen atoms in total. The number of rotatable bonds is 22. The molecular formula is C25H50N2O3. The summed E-state index contributed by atoms with van der Waals surface area (Å²) in [6.07, 6.45) is 17.4. The van der Waals surface area contributed by atoms with Gasteiger partial charge in [-0.15, -0.1) is 0 Å². The Morgan fingerprint density at radius 1 is 0.733 bits per heavy atom. The molecule has 5 heteroatoms. The molecule has 0 saturated carbocycles. The number of aliphatic carboxylic acids is 1. The molecule has 0 aromatic heterocycles. The van der Waals surface area contributed by atoms with Gasteiger partial charge in [-0.2, -0.15) is 0 Å². The normalized spacial score (nSPS) is 12.1. The monoisotopic (exact) mass is 426 g/mol. The number of carboxylic acids is 1. The van der Waals surface area contributed by atoms with Gasteiger partial charge in [-0.1, -0.05) is 91.4 Å². The van der Waals surface area contributed by atoms with Crippen molar-refractivity contribution in [2.45, 2.75) is 130 Å². The van der Waals surface area contributed by atoms with Gasteiger partial charge in [0.2, 0.25) is 5.91 Å². The second kappa shape index (κ2) is 21.1. The number of hydrogen-bond donors (Lipinski definition) is 2. The SMILES string of the molecule is CCCCCCCCCCCCNC(CCC(=O)O)C(=O)N(CCCC)CCCC. The Kier molecular flexibility index (Phi) is 20.4. The zero-order valence-electron chi connectivity index (χ0n) is 20.2. The zero-order valence-corrected chi connectivity index (χ0v) is 20.2. The molecule has 0 rings (SSSR count). The van der Waals surface area contributed by atoms with Gasteiger partial charge in [-0.25, -0.2) is 0 Å². The lowest BCUT2D eigenvalue weighted by Gasteiger charge is -2.28. The maximum absolute atomic E-state index is 13.1. The van der Waals surface area contributed by atoms with Crippen LogP contribution in [-0.4, -0.2) is 47.6 Å². The molecule has 0 spiro atoms. The van der Waals surface area contributed by atoms with E-state index in [4.69, 9.17) is 5.11 Å². The van der Waals surface area contributed by atoms with E-state index in [1.54, 1.807) is 0 Å². The Morgan fingerprint density at radius 2 is 1.20 bits per heavy atom. The van der Waals surface area contributed by atoms with E-state index in [0.717, 1.165) is 51.7 Å². The van der Waals surface area contributed by atoms with Crippen molar-refractivity contribution >= 4 is 11.9 Å². The van der Waals surface area contributed by atoms with Crippen LogP contribution in [0, 0.1) is 0 Å². The highest BCUT2D eigenvalue weighted by Crippen LogP contribution is 2.11. The third-order valence-corrected chi connectivity index (χ3v) is 5.74. The predicted molar refractivity (Wildman–Crippen MR) is 127 cm³/mol. The van der Waals surface area contributed by atoms with Crippen LogP contribution in [-0.2, 0) is 9.59 Å². The number of nitrogens with one attached hydrogen (secondary N) is 1. The van der Waals surface area contributed by atoms with Crippen molar-refractivity contribution in [3.05, 3.63) is 0 Å². The molecule has 0 aliphatic heterocycles. The fourth-order valence-corrected chi connectivity index (χ4v) is 3.72. The van der Waals surface area contributed by atoms with E-state index < -0.39 is 5.97 Å². The summed E-state index contributed by atoms with van der Waals surface area (Å²) in [5.74, 6) is -0.743. The van der Waals surface area contributed by atoms with Gasteiger partial charge < -0.3 is 15.3 Å². The fraction of sp³-hybridized carbons (Fsp3) is 0.920. The van der Waals surface area contributed by atoms with Crippen molar-refractivity contribution in [1.82, 2.24) is 10.2 Å². The first-order chi connectivity index (χ1) is 14.6. The first-order valence-electron chi connectivity index (χ1n) is 12.8. The molecule has 1 unspecified atom stereocenters. The number of carbonyl (C=O) groups is 2. The smallest absolute Gasteiger partial charge is 0.303 e. The van der Waals surface area contributed by atoms with Crippen molar-refractivity contribution in [3.8, 4) is 0 Å². The fourth-order valence-electron chi connectivity index (χ4n) is 3.72. The van der Waals surface area contributed by atoms with E-state index in [1.807, 2.05) is 4.90 Å². The molecule has 0 saturated heterocycles. The number of carboxylic acid groups (broad SMARTS) is 1. The summed E-state index contributed by atoms with van der Waals surface area (Å²) in [7, 11) is 0. The van der Waals surface area contributed by atoms with Crippen molar-refractivity contribution < 1.29 is 14.7 Å². The Balaban J connectivity index is 4.27. The molecular weight excluding hydrogens is 376 g/mol. The first-order valence-corrected chi connectivity index (χ1v) is 12.8. The van der Waals surface area contributed by atoms with Gasteiger partial charge in [0.15, 0.2) is 0 Å². The molecule has 0 aromatic carbocycles. The van der Waals surface area contributed by atoms with Crippen LogP contribution in [0.3, 0.4) is 0 Å². The van der Waals surface area contributed by atoms with E-state index in [0.29, 0.717) is 6.42 Å². The summed E-state index contributed by atoms with van der Waals surface area (Å²) in [5.41, 5.74) is 0. The summed E-state index contributed by atoms with van der Waals surface area (Å²) < 4.78 is 0. The van der Waals surface area contributed by atoms with Crippen LogP contribution in [0.4, 0.5) is 0 Å². The van der Waals surface area contributed by atoms with Gasteiger partial charge in [0.25, 0.3) is 0 Å². The molecule has 0 heterocycles.